The molecule has 1 aromatic rings. The van der Waals surface area contributed by atoms with E-state index in [-0.39, 0.29) is 17.1 Å². The first-order valence-corrected chi connectivity index (χ1v) is 6.44. The summed E-state index contributed by atoms with van der Waals surface area (Å²) in [7, 11) is 2.09. The Kier molecular flexibility index (Phi) is 3.89. The van der Waals surface area contributed by atoms with Gasteiger partial charge in [-0.25, -0.2) is 13.8 Å². The molecule has 0 amide bonds. The van der Waals surface area contributed by atoms with Crippen LogP contribution in [0.3, 0.4) is 0 Å². The summed E-state index contributed by atoms with van der Waals surface area (Å²) >= 11 is 0. The molecule has 4 nitrogen and oxygen atoms in total. The van der Waals surface area contributed by atoms with Crippen molar-refractivity contribution in [3.63, 3.8) is 0 Å². The molecule has 1 saturated heterocycles. The van der Waals surface area contributed by atoms with Crippen LogP contribution in [0.2, 0.25) is 0 Å². The zero-order valence-corrected chi connectivity index (χ0v) is 11.3. The zero-order valence-electron chi connectivity index (χ0n) is 11.3. The minimum absolute atomic E-state index is 0.0269. The van der Waals surface area contributed by atoms with Gasteiger partial charge in [0.2, 0.25) is 0 Å². The van der Waals surface area contributed by atoms with Gasteiger partial charge in [-0.05, 0) is 38.4 Å². The van der Waals surface area contributed by atoms with E-state index in [1.807, 2.05) is 0 Å². The third-order valence-electron chi connectivity index (χ3n) is 3.83. The normalized spacial score (nSPS) is 19.4. The first kappa shape index (κ1) is 14.0. The van der Waals surface area contributed by atoms with Crippen LogP contribution in [-0.4, -0.2) is 36.6 Å². The fraction of sp³-hybridized carbons (Fsp3) is 0.615. The number of hydrogen-bond donors (Lipinski definition) is 2. The van der Waals surface area contributed by atoms with Crippen LogP contribution < -0.4 is 11.1 Å². The molecule has 19 heavy (non-hydrogen) atoms. The highest BCUT2D eigenvalue weighted by Crippen LogP contribution is 2.30. The van der Waals surface area contributed by atoms with Crippen molar-refractivity contribution in [3.8, 4) is 0 Å². The molecule has 106 valence electrons. The Labute approximate surface area is 112 Å². The molecule has 1 fully saturated rings. The summed E-state index contributed by atoms with van der Waals surface area (Å²) < 4.78 is 26.6. The Morgan fingerprint density at radius 2 is 2.00 bits per heavy atom. The van der Waals surface area contributed by atoms with Gasteiger partial charge in [-0.3, -0.25) is 0 Å². The quantitative estimate of drug-likeness (QED) is 0.883. The first-order chi connectivity index (χ1) is 8.89. The number of nitrogen functional groups attached to an aromatic ring is 1. The molecule has 0 spiro atoms. The third kappa shape index (κ3) is 3.32. The van der Waals surface area contributed by atoms with Crippen molar-refractivity contribution >= 4 is 11.6 Å². The number of nitrogens with one attached hydrogen (secondary N) is 1. The maximum Gasteiger partial charge on any atom is 0.168 e. The summed E-state index contributed by atoms with van der Waals surface area (Å²) in [4.78, 5) is 5.98. The molecule has 6 heteroatoms. The van der Waals surface area contributed by atoms with Crippen LogP contribution in [0.1, 0.15) is 19.8 Å². The van der Waals surface area contributed by atoms with Crippen molar-refractivity contribution in [3.05, 3.63) is 17.7 Å². The van der Waals surface area contributed by atoms with E-state index in [9.17, 15) is 8.78 Å². The molecule has 1 aliphatic heterocycles. The Balaban J connectivity index is 2.01. The first-order valence-electron chi connectivity index (χ1n) is 6.44. The molecular weight excluding hydrogens is 250 g/mol. The molecule has 2 heterocycles. The number of halogens is 2. The average Bonchev–Trinajstić information content (AvgIpc) is 2.36. The summed E-state index contributed by atoms with van der Waals surface area (Å²) in [5, 5.41) is 2.95. The van der Waals surface area contributed by atoms with E-state index in [0.29, 0.717) is 6.54 Å². The fourth-order valence-electron chi connectivity index (χ4n) is 2.24. The molecule has 0 unspecified atom stereocenters. The summed E-state index contributed by atoms with van der Waals surface area (Å²) in [6.07, 6.45) is 2.07. The molecule has 3 N–H and O–H groups in total. The Morgan fingerprint density at radius 3 is 2.63 bits per heavy atom. The van der Waals surface area contributed by atoms with Crippen LogP contribution in [0.5, 0.6) is 0 Å². The Hall–Kier alpha value is -1.43. The number of hydrogen-bond acceptors (Lipinski definition) is 4. The number of rotatable bonds is 3. The predicted molar refractivity (Wildman–Crippen MR) is 71.9 cm³/mol. The van der Waals surface area contributed by atoms with Crippen molar-refractivity contribution in [1.82, 2.24) is 9.88 Å². The largest absolute Gasteiger partial charge is 0.381 e. The second-order valence-electron chi connectivity index (χ2n) is 5.65. The molecule has 0 atom stereocenters. The van der Waals surface area contributed by atoms with Crippen LogP contribution >= 0.6 is 0 Å². The zero-order chi connectivity index (χ0) is 14.0. The molecule has 1 aliphatic rings. The summed E-state index contributed by atoms with van der Waals surface area (Å²) in [5.41, 5.74) is 5.45. The van der Waals surface area contributed by atoms with E-state index in [2.05, 4.69) is 29.2 Å². The highest BCUT2D eigenvalue weighted by molar-refractivity contribution is 5.45. The topological polar surface area (TPSA) is 54.2 Å². The highest BCUT2D eigenvalue weighted by atomic mass is 19.1. The molecular formula is C13H20F2N4. The minimum atomic E-state index is -0.825. The van der Waals surface area contributed by atoms with Gasteiger partial charge in [0, 0.05) is 12.6 Å². The molecule has 2 rings (SSSR count). The van der Waals surface area contributed by atoms with Crippen molar-refractivity contribution in [1.29, 1.82) is 0 Å². The number of aromatic nitrogens is 1. The Bertz CT molecular complexity index is 456. The van der Waals surface area contributed by atoms with E-state index < -0.39 is 11.6 Å². The van der Waals surface area contributed by atoms with Crippen molar-refractivity contribution in [2.75, 3.05) is 37.7 Å². The minimum Gasteiger partial charge on any atom is -0.381 e. The van der Waals surface area contributed by atoms with Crippen LogP contribution in [0.4, 0.5) is 20.4 Å². The number of likely N-dealkylation sites (tertiary alicyclic amines) is 1. The van der Waals surface area contributed by atoms with E-state index >= 15 is 0 Å². The number of piperidine rings is 1. The molecule has 0 saturated carbocycles. The lowest BCUT2D eigenvalue weighted by Gasteiger charge is -2.38. The maximum absolute atomic E-state index is 13.5. The van der Waals surface area contributed by atoms with E-state index in [4.69, 9.17) is 5.73 Å². The molecule has 0 radical (unpaired) electrons. The monoisotopic (exact) mass is 270 g/mol. The summed E-state index contributed by atoms with van der Waals surface area (Å²) in [6, 6.07) is 0.766. The van der Waals surface area contributed by atoms with Gasteiger partial charge in [0.15, 0.2) is 23.3 Å². The predicted octanol–water partition coefficient (Wildman–Crippen LogP) is 2.09. The second-order valence-corrected chi connectivity index (χ2v) is 5.65. The maximum atomic E-state index is 13.5. The smallest absolute Gasteiger partial charge is 0.168 e. The van der Waals surface area contributed by atoms with Gasteiger partial charge in [-0.1, -0.05) is 6.92 Å². The number of pyridine rings is 1. The lowest BCUT2D eigenvalue weighted by molar-refractivity contribution is 0.150. The van der Waals surface area contributed by atoms with Gasteiger partial charge in [-0.2, -0.15) is 0 Å². The van der Waals surface area contributed by atoms with E-state index in [1.165, 1.54) is 0 Å². The number of nitrogens with two attached hydrogens (primary N) is 1. The lowest BCUT2D eigenvalue weighted by Crippen LogP contribution is -2.40. The van der Waals surface area contributed by atoms with Gasteiger partial charge in [-0.15, -0.1) is 0 Å². The van der Waals surface area contributed by atoms with Crippen molar-refractivity contribution < 1.29 is 8.78 Å². The van der Waals surface area contributed by atoms with Crippen LogP contribution in [0, 0.1) is 17.0 Å². The standard InChI is InChI=1S/C13H20F2N4/c1-13(3-5-19(2)6-4-13)8-17-12-10(15)7-9(14)11(16)18-12/h7H,3-6,8H2,1-2H3,(H3,16,17,18). The van der Waals surface area contributed by atoms with E-state index in [1.54, 1.807) is 0 Å². The molecule has 0 bridgehead atoms. The van der Waals surface area contributed by atoms with Crippen molar-refractivity contribution in [2.24, 2.45) is 5.41 Å². The fourth-order valence-corrected chi connectivity index (χ4v) is 2.24. The van der Waals surface area contributed by atoms with Gasteiger partial charge >= 0.3 is 0 Å². The van der Waals surface area contributed by atoms with Gasteiger partial charge < -0.3 is 16.0 Å². The number of nitrogens with zero attached hydrogens (tertiary/aromatic N) is 2. The van der Waals surface area contributed by atoms with Gasteiger partial charge in [0.1, 0.15) is 0 Å². The summed E-state index contributed by atoms with van der Waals surface area (Å²) in [6.45, 7) is 4.83. The number of anilines is 2. The molecule has 1 aromatic heterocycles. The van der Waals surface area contributed by atoms with Crippen LogP contribution in [0.25, 0.3) is 0 Å². The SMILES string of the molecule is CN1CCC(C)(CNc2nc(N)c(F)cc2F)CC1. The third-order valence-corrected chi connectivity index (χ3v) is 3.83. The average molecular weight is 270 g/mol. The summed E-state index contributed by atoms with van der Waals surface area (Å²) in [5.74, 6) is -1.78. The second kappa shape index (κ2) is 5.28. The Morgan fingerprint density at radius 1 is 1.37 bits per heavy atom. The lowest BCUT2D eigenvalue weighted by atomic mass is 9.80. The van der Waals surface area contributed by atoms with Gasteiger partial charge in [0.05, 0.1) is 0 Å². The highest BCUT2D eigenvalue weighted by Gasteiger charge is 2.29. The molecule has 0 aromatic carbocycles. The van der Waals surface area contributed by atoms with Crippen LogP contribution in [0.15, 0.2) is 6.07 Å². The molecule has 0 aliphatic carbocycles. The van der Waals surface area contributed by atoms with Crippen molar-refractivity contribution in [2.45, 2.75) is 19.8 Å². The van der Waals surface area contributed by atoms with Gasteiger partial charge in [0.25, 0.3) is 0 Å². The van der Waals surface area contributed by atoms with E-state index in [0.717, 1.165) is 32.0 Å². The van der Waals surface area contributed by atoms with Crippen LogP contribution in [-0.2, 0) is 0 Å².